The van der Waals surface area contributed by atoms with E-state index in [1.165, 1.54) is 0 Å². The maximum atomic E-state index is 6.19. The van der Waals surface area contributed by atoms with Gasteiger partial charge in [0.1, 0.15) is 17.1 Å². The van der Waals surface area contributed by atoms with Crippen LogP contribution in [0.2, 0.25) is 0 Å². The summed E-state index contributed by atoms with van der Waals surface area (Å²) >= 11 is 0. The Labute approximate surface area is 135 Å². The summed E-state index contributed by atoms with van der Waals surface area (Å²) in [5, 5.41) is 4.61. The predicted octanol–water partition coefficient (Wildman–Crippen LogP) is 4.18. The van der Waals surface area contributed by atoms with E-state index in [4.69, 9.17) is 9.47 Å². The lowest BCUT2D eigenvalue weighted by Gasteiger charge is -2.33. The van der Waals surface area contributed by atoms with E-state index in [9.17, 15) is 0 Å². The number of rotatable bonds is 2. The van der Waals surface area contributed by atoms with E-state index >= 15 is 0 Å². The molecule has 116 valence electrons. The summed E-state index contributed by atoms with van der Waals surface area (Å²) in [7, 11) is 1.67. The Bertz CT molecular complexity index is 866. The third kappa shape index (κ3) is 2.10. The largest absolute Gasteiger partial charge is 0.497 e. The molecule has 0 radical (unpaired) electrons. The van der Waals surface area contributed by atoms with Crippen LogP contribution in [0, 0.1) is 0 Å². The number of ether oxygens (including phenoxy) is 2. The minimum Gasteiger partial charge on any atom is -0.497 e. The maximum Gasteiger partial charge on any atom is 0.132 e. The van der Waals surface area contributed by atoms with Gasteiger partial charge in [-0.2, -0.15) is 5.10 Å². The molecular weight excluding hydrogens is 288 g/mol. The summed E-state index contributed by atoms with van der Waals surface area (Å²) in [5.74, 6) is 1.65. The van der Waals surface area contributed by atoms with Gasteiger partial charge in [-0.3, -0.25) is 0 Å². The molecule has 2 heterocycles. The van der Waals surface area contributed by atoms with Crippen LogP contribution >= 0.6 is 0 Å². The first-order valence-corrected chi connectivity index (χ1v) is 7.61. The molecule has 3 aromatic rings. The highest BCUT2D eigenvalue weighted by Gasteiger charge is 2.36. The summed E-state index contributed by atoms with van der Waals surface area (Å²) in [6, 6.07) is 16.0. The second-order valence-electron chi connectivity index (χ2n) is 6.13. The molecule has 0 amide bonds. The quantitative estimate of drug-likeness (QED) is 0.713. The van der Waals surface area contributed by atoms with Crippen molar-refractivity contribution in [3.8, 4) is 28.4 Å². The van der Waals surface area contributed by atoms with Crippen LogP contribution in [-0.2, 0) is 5.60 Å². The van der Waals surface area contributed by atoms with Crippen molar-refractivity contribution < 1.29 is 9.47 Å². The molecule has 1 aliphatic heterocycles. The van der Waals surface area contributed by atoms with E-state index in [2.05, 4.69) is 31.1 Å². The van der Waals surface area contributed by atoms with Crippen LogP contribution in [0.4, 0.5) is 0 Å². The van der Waals surface area contributed by atoms with Crippen LogP contribution in [0.15, 0.2) is 54.7 Å². The van der Waals surface area contributed by atoms with Gasteiger partial charge in [-0.25, -0.2) is 4.68 Å². The van der Waals surface area contributed by atoms with Gasteiger partial charge in [-0.15, -0.1) is 0 Å². The molecule has 0 unspecified atom stereocenters. The molecule has 23 heavy (non-hydrogen) atoms. The van der Waals surface area contributed by atoms with Crippen molar-refractivity contribution >= 4 is 0 Å². The zero-order valence-corrected chi connectivity index (χ0v) is 13.4. The predicted molar refractivity (Wildman–Crippen MR) is 89.2 cm³/mol. The molecule has 1 aliphatic rings. The van der Waals surface area contributed by atoms with Crippen molar-refractivity contribution in [2.75, 3.05) is 7.11 Å². The van der Waals surface area contributed by atoms with E-state index in [0.29, 0.717) is 0 Å². The smallest absolute Gasteiger partial charge is 0.132 e. The highest BCUT2D eigenvalue weighted by atomic mass is 16.5. The number of hydrogen-bond donors (Lipinski definition) is 0. The number of hydrogen-bond acceptors (Lipinski definition) is 3. The van der Waals surface area contributed by atoms with E-state index in [-0.39, 0.29) is 0 Å². The minimum atomic E-state index is -0.427. The highest BCUT2D eigenvalue weighted by Crippen LogP contribution is 2.46. The van der Waals surface area contributed by atoms with E-state index in [1.54, 1.807) is 7.11 Å². The number of nitrogens with zero attached hydrogens (tertiary/aromatic N) is 2. The zero-order chi connectivity index (χ0) is 16.0. The molecule has 1 aromatic heterocycles. The average molecular weight is 306 g/mol. The second kappa shape index (κ2) is 4.88. The molecule has 0 saturated heterocycles. The molecule has 0 atom stereocenters. The molecule has 4 nitrogen and oxygen atoms in total. The Morgan fingerprint density at radius 1 is 1.09 bits per heavy atom. The lowest BCUT2D eigenvalue weighted by Crippen LogP contribution is -2.29. The van der Waals surface area contributed by atoms with Gasteiger partial charge in [0.25, 0.3) is 0 Å². The van der Waals surface area contributed by atoms with Gasteiger partial charge in [0.05, 0.1) is 24.7 Å². The molecular formula is C19H18N2O2. The third-order valence-electron chi connectivity index (χ3n) is 4.23. The number of para-hydroxylation sites is 1. The molecule has 0 bridgehead atoms. The van der Waals surface area contributed by atoms with Gasteiger partial charge >= 0.3 is 0 Å². The Balaban J connectivity index is 2.01. The Morgan fingerprint density at radius 2 is 1.87 bits per heavy atom. The van der Waals surface area contributed by atoms with E-state index < -0.39 is 5.60 Å². The van der Waals surface area contributed by atoms with Gasteiger partial charge in [-0.05, 0) is 44.2 Å². The summed E-state index contributed by atoms with van der Waals surface area (Å²) in [4.78, 5) is 0. The topological polar surface area (TPSA) is 36.3 Å². The molecule has 0 saturated carbocycles. The van der Waals surface area contributed by atoms with Crippen LogP contribution < -0.4 is 9.47 Å². The third-order valence-corrected chi connectivity index (χ3v) is 4.23. The highest BCUT2D eigenvalue weighted by molar-refractivity contribution is 5.76. The lowest BCUT2D eigenvalue weighted by atomic mass is 9.91. The van der Waals surface area contributed by atoms with Crippen molar-refractivity contribution in [3.63, 3.8) is 0 Å². The summed E-state index contributed by atoms with van der Waals surface area (Å²) in [6.45, 7) is 4.13. The normalized spacial score (nSPS) is 14.6. The monoisotopic (exact) mass is 306 g/mol. The standard InChI is InChI=1S/C19H18N2O2/c1-19(2)16-12-20-21(13-7-5-4-6-8-13)18(16)15-11-14(22-3)9-10-17(15)23-19/h4-12H,1-3H3. The lowest BCUT2D eigenvalue weighted by molar-refractivity contribution is 0.105. The Morgan fingerprint density at radius 3 is 2.61 bits per heavy atom. The van der Waals surface area contributed by atoms with Crippen LogP contribution in [0.25, 0.3) is 16.9 Å². The minimum absolute atomic E-state index is 0.427. The fourth-order valence-corrected chi connectivity index (χ4v) is 3.05. The van der Waals surface area contributed by atoms with Crippen molar-refractivity contribution in [1.82, 2.24) is 9.78 Å². The van der Waals surface area contributed by atoms with Crippen molar-refractivity contribution in [1.29, 1.82) is 0 Å². The summed E-state index contributed by atoms with van der Waals surface area (Å²) in [5.41, 5.74) is 3.73. The summed E-state index contributed by atoms with van der Waals surface area (Å²) in [6.07, 6.45) is 1.89. The molecule has 0 aliphatic carbocycles. The fraction of sp³-hybridized carbons (Fsp3) is 0.211. The van der Waals surface area contributed by atoms with Crippen LogP contribution in [-0.4, -0.2) is 16.9 Å². The van der Waals surface area contributed by atoms with Crippen LogP contribution in [0.5, 0.6) is 11.5 Å². The molecule has 2 aromatic carbocycles. The molecule has 4 rings (SSSR count). The average Bonchev–Trinajstić information content (AvgIpc) is 3.01. The van der Waals surface area contributed by atoms with Gasteiger partial charge < -0.3 is 9.47 Å². The zero-order valence-electron chi connectivity index (χ0n) is 13.4. The second-order valence-corrected chi connectivity index (χ2v) is 6.13. The maximum absolute atomic E-state index is 6.19. The van der Waals surface area contributed by atoms with E-state index in [0.717, 1.165) is 34.0 Å². The molecule has 0 fully saturated rings. The Kier molecular flexibility index (Phi) is 2.94. The SMILES string of the molecule is COc1ccc2c(c1)-c1c(cnn1-c1ccccc1)C(C)(C)O2. The number of aromatic nitrogens is 2. The summed E-state index contributed by atoms with van der Waals surface area (Å²) < 4.78 is 13.5. The molecule has 0 spiro atoms. The fourth-order valence-electron chi connectivity index (χ4n) is 3.05. The van der Waals surface area contributed by atoms with Gasteiger partial charge in [0, 0.05) is 11.1 Å². The van der Waals surface area contributed by atoms with Gasteiger partial charge in [-0.1, -0.05) is 18.2 Å². The van der Waals surface area contributed by atoms with Crippen LogP contribution in [0.1, 0.15) is 19.4 Å². The van der Waals surface area contributed by atoms with Gasteiger partial charge in [0.2, 0.25) is 0 Å². The Hall–Kier alpha value is -2.75. The number of methoxy groups -OCH3 is 1. The first kappa shape index (κ1) is 13.9. The van der Waals surface area contributed by atoms with E-state index in [1.807, 2.05) is 47.3 Å². The van der Waals surface area contributed by atoms with Gasteiger partial charge in [0.15, 0.2) is 0 Å². The first-order chi connectivity index (χ1) is 11.1. The molecule has 0 N–H and O–H groups in total. The van der Waals surface area contributed by atoms with Crippen molar-refractivity contribution in [2.24, 2.45) is 0 Å². The molecule has 4 heteroatoms. The van der Waals surface area contributed by atoms with Crippen molar-refractivity contribution in [3.05, 3.63) is 60.3 Å². The van der Waals surface area contributed by atoms with Crippen molar-refractivity contribution in [2.45, 2.75) is 19.4 Å². The van der Waals surface area contributed by atoms with Crippen LogP contribution in [0.3, 0.4) is 0 Å². The number of fused-ring (bicyclic) bond motifs is 3. The number of benzene rings is 2. The first-order valence-electron chi connectivity index (χ1n) is 7.61.